The molecule has 130 valence electrons. The van der Waals surface area contributed by atoms with Crippen molar-refractivity contribution in [1.29, 1.82) is 0 Å². The fourth-order valence-corrected chi connectivity index (χ4v) is 2.69. The van der Waals surface area contributed by atoms with Gasteiger partial charge < -0.3 is 13.9 Å². The number of Topliss-reactive ketones (excluding diaryl/α,β-unsaturated/α-hetero) is 1. The van der Waals surface area contributed by atoms with Crippen molar-refractivity contribution in [2.75, 3.05) is 0 Å². The minimum absolute atomic E-state index is 0.0910. The number of rotatable bonds is 4. The first-order chi connectivity index (χ1) is 12.6. The standard InChI is InChI=1S/C21H15FO4/c1-13-6-7-16(25-13)11-20-21(23)17-9-8-15(10-19(17)26-20)24-12-14-4-2-3-5-18(14)22/h2-11H,12H2,1H3. The van der Waals surface area contributed by atoms with Crippen LogP contribution in [0.2, 0.25) is 0 Å². The van der Waals surface area contributed by atoms with Gasteiger partial charge in [0.05, 0.1) is 5.56 Å². The topological polar surface area (TPSA) is 48.7 Å². The number of ether oxygens (including phenoxy) is 2. The third-order valence-electron chi connectivity index (χ3n) is 4.03. The Bertz CT molecular complexity index is 1020. The molecule has 2 heterocycles. The largest absolute Gasteiger partial charge is 0.489 e. The van der Waals surface area contributed by atoms with Gasteiger partial charge in [-0.15, -0.1) is 0 Å². The maximum Gasteiger partial charge on any atom is 0.232 e. The van der Waals surface area contributed by atoms with E-state index in [1.165, 1.54) is 6.07 Å². The highest BCUT2D eigenvalue weighted by Gasteiger charge is 2.28. The van der Waals surface area contributed by atoms with Crippen molar-refractivity contribution >= 4 is 11.9 Å². The first-order valence-electron chi connectivity index (χ1n) is 8.11. The molecule has 0 spiro atoms. The second-order valence-corrected chi connectivity index (χ2v) is 5.93. The highest BCUT2D eigenvalue weighted by molar-refractivity contribution is 6.14. The Morgan fingerprint density at radius 3 is 2.73 bits per heavy atom. The minimum atomic E-state index is -0.320. The maximum absolute atomic E-state index is 13.7. The van der Waals surface area contributed by atoms with Crippen LogP contribution in [0.25, 0.3) is 6.08 Å². The van der Waals surface area contributed by atoms with Crippen molar-refractivity contribution in [3.8, 4) is 11.5 Å². The van der Waals surface area contributed by atoms with E-state index in [2.05, 4.69) is 0 Å². The Hall–Kier alpha value is -3.34. The summed E-state index contributed by atoms with van der Waals surface area (Å²) >= 11 is 0. The molecule has 26 heavy (non-hydrogen) atoms. The van der Waals surface area contributed by atoms with Gasteiger partial charge in [0.15, 0.2) is 5.76 Å². The van der Waals surface area contributed by atoms with Crippen LogP contribution in [0.5, 0.6) is 11.5 Å². The molecule has 1 aliphatic heterocycles. The molecule has 0 unspecified atom stereocenters. The van der Waals surface area contributed by atoms with E-state index in [0.717, 1.165) is 5.76 Å². The second-order valence-electron chi connectivity index (χ2n) is 5.93. The zero-order chi connectivity index (χ0) is 18.1. The summed E-state index contributed by atoms with van der Waals surface area (Å²) in [6, 6.07) is 14.9. The number of fused-ring (bicyclic) bond motifs is 1. The lowest BCUT2D eigenvalue weighted by atomic mass is 10.1. The lowest BCUT2D eigenvalue weighted by molar-refractivity contribution is 0.101. The number of ketones is 1. The first kappa shape index (κ1) is 16.1. The average molecular weight is 350 g/mol. The van der Waals surface area contributed by atoms with E-state index in [9.17, 15) is 9.18 Å². The number of carbonyl (C=O) groups excluding carboxylic acids is 1. The molecule has 0 fully saturated rings. The molecule has 0 saturated carbocycles. The van der Waals surface area contributed by atoms with E-state index in [0.29, 0.717) is 28.4 Å². The zero-order valence-electron chi connectivity index (χ0n) is 14.0. The Kier molecular flexibility index (Phi) is 4.05. The Labute approximate surface area is 149 Å². The van der Waals surface area contributed by atoms with Crippen molar-refractivity contribution in [3.05, 3.63) is 88.8 Å². The van der Waals surface area contributed by atoms with Crippen LogP contribution in [0.4, 0.5) is 4.39 Å². The van der Waals surface area contributed by atoms with Gasteiger partial charge in [-0.2, -0.15) is 0 Å². The number of benzene rings is 2. The van der Waals surface area contributed by atoms with Crippen LogP contribution in [0.15, 0.2) is 64.8 Å². The third kappa shape index (κ3) is 3.11. The Morgan fingerprint density at radius 1 is 1.12 bits per heavy atom. The highest BCUT2D eigenvalue weighted by Crippen LogP contribution is 2.35. The molecule has 4 nitrogen and oxygen atoms in total. The first-order valence-corrected chi connectivity index (χ1v) is 8.11. The van der Waals surface area contributed by atoms with Crippen LogP contribution in [-0.2, 0) is 6.61 Å². The molecule has 0 radical (unpaired) electrons. The summed E-state index contributed by atoms with van der Waals surface area (Å²) in [7, 11) is 0. The minimum Gasteiger partial charge on any atom is -0.489 e. The molecule has 2 aromatic carbocycles. The molecule has 3 aromatic rings. The van der Waals surface area contributed by atoms with E-state index in [1.54, 1.807) is 48.5 Å². The van der Waals surface area contributed by atoms with Crippen LogP contribution in [-0.4, -0.2) is 5.78 Å². The highest BCUT2D eigenvalue weighted by atomic mass is 19.1. The molecule has 4 rings (SSSR count). The molecule has 0 saturated heterocycles. The number of furan rings is 1. The lowest BCUT2D eigenvalue weighted by Crippen LogP contribution is -1.98. The quantitative estimate of drug-likeness (QED) is 0.627. The third-order valence-corrected chi connectivity index (χ3v) is 4.03. The van der Waals surface area contributed by atoms with Crippen molar-refractivity contribution in [2.45, 2.75) is 13.5 Å². The summed E-state index contributed by atoms with van der Waals surface area (Å²) in [6.07, 6.45) is 1.56. The number of aryl methyl sites for hydroxylation is 1. The molecule has 1 aliphatic rings. The fourth-order valence-electron chi connectivity index (χ4n) is 2.69. The fraction of sp³-hybridized carbons (Fsp3) is 0.0952. The van der Waals surface area contributed by atoms with Crippen LogP contribution < -0.4 is 9.47 Å². The van der Waals surface area contributed by atoms with Gasteiger partial charge in [0.25, 0.3) is 0 Å². The summed E-state index contributed by atoms with van der Waals surface area (Å²) < 4.78 is 30.4. The number of hydrogen-bond acceptors (Lipinski definition) is 4. The predicted molar refractivity (Wildman–Crippen MR) is 93.6 cm³/mol. The van der Waals surface area contributed by atoms with Gasteiger partial charge in [0.1, 0.15) is 35.4 Å². The van der Waals surface area contributed by atoms with E-state index >= 15 is 0 Å². The molecule has 0 atom stereocenters. The van der Waals surface area contributed by atoms with E-state index in [1.807, 2.05) is 13.0 Å². The number of allylic oxidation sites excluding steroid dienone is 1. The molecule has 0 amide bonds. The molecule has 5 heteroatoms. The molecule has 0 aliphatic carbocycles. The second kappa shape index (κ2) is 6.52. The van der Waals surface area contributed by atoms with Gasteiger partial charge in [-0.05, 0) is 37.3 Å². The average Bonchev–Trinajstić information content (AvgIpc) is 3.18. The zero-order valence-corrected chi connectivity index (χ0v) is 14.0. The summed E-state index contributed by atoms with van der Waals surface area (Å²) in [4.78, 5) is 12.4. The van der Waals surface area contributed by atoms with E-state index < -0.39 is 0 Å². The predicted octanol–water partition coefficient (Wildman–Crippen LogP) is 4.92. The lowest BCUT2D eigenvalue weighted by Gasteiger charge is -2.08. The van der Waals surface area contributed by atoms with Crippen molar-refractivity contribution in [3.63, 3.8) is 0 Å². The van der Waals surface area contributed by atoms with E-state index in [-0.39, 0.29) is 24.0 Å². The van der Waals surface area contributed by atoms with Gasteiger partial charge in [-0.25, -0.2) is 4.39 Å². The number of carbonyl (C=O) groups is 1. The maximum atomic E-state index is 13.7. The summed E-state index contributed by atoms with van der Waals surface area (Å²) in [5.41, 5.74) is 0.913. The normalized spacial score (nSPS) is 14.4. The van der Waals surface area contributed by atoms with Gasteiger partial charge >= 0.3 is 0 Å². The molecular formula is C21H15FO4. The van der Waals surface area contributed by atoms with Crippen LogP contribution in [0, 0.1) is 12.7 Å². The molecule has 0 N–H and O–H groups in total. The van der Waals surface area contributed by atoms with Crippen molar-refractivity contribution in [1.82, 2.24) is 0 Å². The smallest absolute Gasteiger partial charge is 0.232 e. The Morgan fingerprint density at radius 2 is 1.96 bits per heavy atom. The molecular weight excluding hydrogens is 335 g/mol. The van der Waals surface area contributed by atoms with Crippen LogP contribution in [0.3, 0.4) is 0 Å². The van der Waals surface area contributed by atoms with Crippen LogP contribution in [0.1, 0.15) is 27.4 Å². The SMILES string of the molecule is Cc1ccc(C=C2Oc3cc(OCc4ccccc4F)ccc3C2=O)o1. The Balaban J connectivity index is 1.52. The summed E-state index contributed by atoms with van der Waals surface area (Å²) in [6.45, 7) is 1.92. The van der Waals surface area contributed by atoms with Gasteiger partial charge in [0, 0.05) is 17.7 Å². The molecule has 1 aromatic heterocycles. The number of hydrogen-bond donors (Lipinski definition) is 0. The molecule has 0 bridgehead atoms. The summed E-state index contributed by atoms with van der Waals surface area (Å²) in [5, 5.41) is 0. The van der Waals surface area contributed by atoms with Crippen molar-refractivity contribution < 1.29 is 23.1 Å². The van der Waals surface area contributed by atoms with Gasteiger partial charge in [0.2, 0.25) is 5.78 Å². The van der Waals surface area contributed by atoms with E-state index in [4.69, 9.17) is 13.9 Å². The monoisotopic (exact) mass is 350 g/mol. The van der Waals surface area contributed by atoms with Gasteiger partial charge in [-0.3, -0.25) is 4.79 Å². The van der Waals surface area contributed by atoms with Crippen molar-refractivity contribution in [2.24, 2.45) is 0 Å². The van der Waals surface area contributed by atoms with Crippen LogP contribution >= 0.6 is 0 Å². The summed E-state index contributed by atoms with van der Waals surface area (Å²) in [5.74, 6) is 1.87. The van der Waals surface area contributed by atoms with Gasteiger partial charge in [-0.1, -0.05) is 18.2 Å². The number of halogens is 1.